The average Bonchev–Trinajstić information content (AvgIpc) is 3.20. The Bertz CT molecular complexity index is 894. The molecule has 3 aromatic rings. The van der Waals surface area contributed by atoms with Crippen LogP contribution in [0.1, 0.15) is 17.4 Å². The van der Waals surface area contributed by atoms with Gasteiger partial charge in [-0.3, -0.25) is 4.90 Å². The molecule has 1 saturated heterocycles. The smallest absolute Gasteiger partial charge is 0.127 e. The van der Waals surface area contributed by atoms with E-state index in [1.54, 1.807) is 13.2 Å². The van der Waals surface area contributed by atoms with Crippen LogP contribution in [0.5, 0.6) is 5.75 Å². The van der Waals surface area contributed by atoms with E-state index >= 15 is 0 Å². The first-order valence-corrected chi connectivity index (χ1v) is 8.99. The first-order chi connectivity index (χ1) is 13.2. The van der Waals surface area contributed by atoms with Crippen LogP contribution in [0.15, 0.2) is 54.7 Å². The monoisotopic (exact) mass is 367 g/mol. The number of benzene rings is 2. The van der Waals surface area contributed by atoms with Gasteiger partial charge in [0.1, 0.15) is 17.4 Å². The molecule has 0 saturated carbocycles. The van der Waals surface area contributed by atoms with Gasteiger partial charge in [-0.15, -0.1) is 0 Å². The van der Waals surface area contributed by atoms with E-state index in [2.05, 4.69) is 14.9 Å². The highest BCUT2D eigenvalue weighted by Gasteiger charge is 2.27. The van der Waals surface area contributed by atoms with E-state index in [9.17, 15) is 4.39 Å². The molecule has 1 N–H and O–H groups in total. The second-order valence-electron chi connectivity index (χ2n) is 6.56. The molecule has 1 unspecified atom stereocenters. The van der Waals surface area contributed by atoms with Gasteiger partial charge in [-0.25, -0.2) is 9.37 Å². The SMILES string of the molecule is COc1ccc(-c2cnc(C3COCCN3Cc3ccccc3F)[nH]2)cc1. The lowest BCUT2D eigenvalue weighted by Gasteiger charge is -2.34. The zero-order chi connectivity index (χ0) is 18.6. The number of aromatic nitrogens is 2. The van der Waals surface area contributed by atoms with Crippen LogP contribution >= 0.6 is 0 Å². The summed E-state index contributed by atoms with van der Waals surface area (Å²) in [5, 5.41) is 0. The lowest BCUT2D eigenvalue weighted by molar-refractivity contribution is -0.0160. The molecule has 1 fully saturated rings. The second-order valence-corrected chi connectivity index (χ2v) is 6.56. The fraction of sp³-hybridized carbons (Fsp3) is 0.286. The van der Waals surface area contributed by atoms with Gasteiger partial charge in [-0.05, 0) is 35.9 Å². The van der Waals surface area contributed by atoms with E-state index in [1.807, 2.05) is 42.6 Å². The predicted molar refractivity (Wildman–Crippen MR) is 101 cm³/mol. The molecule has 5 nitrogen and oxygen atoms in total. The maximum Gasteiger partial charge on any atom is 0.127 e. The molecular formula is C21H22FN3O2. The van der Waals surface area contributed by atoms with E-state index < -0.39 is 0 Å². The third-order valence-electron chi connectivity index (χ3n) is 4.88. The number of methoxy groups -OCH3 is 1. The number of nitrogens with zero attached hydrogens (tertiary/aromatic N) is 2. The van der Waals surface area contributed by atoms with E-state index in [4.69, 9.17) is 9.47 Å². The lowest BCUT2D eigenvalue weighted by atomic mass is 10.1. The van der Waals surface area contributed by atoms with Crippen molar-refractivity contribution in [3.63, 3.8) is 0 Å². The Hall–Kier alpha value is -2.70. The highest BCUT2D eigenvalue weighted by atomic mass is 19.1. The number of rotatable bonds is 5. The Morgan fingerprint density at radius 1 is 1.22 bits per heavy atom. The number of aromatic amines is 1. The van der Waals surface area contributed by atoms with Crippen molar-refractivity contribution in [2.45, 2.75) is 12.6 Å². The van der Waals surface area contributed by atoms with Gasteiger partial charge in [0, 0.05) is 18.7 Å². The number of ether oxygens (including phenoxy) is 2. The molecule has 1 aliphatic heterocycles. The molecule has 0 aliphatic carbocycles. The number of hydrogen-bond donors (Lipinski definition) is 1. The van der Waals surface area contributed by atoms with Crippen LogP contribution in [0, 0.1) is 5.82 Å². The molecule has 1 aliphatic rings. The van der Waals surface area contributed by atoms with Crippen molar-refractivity contribution < 1.29 is 13.9 Å². The van der Waals surface area contributed by atoms with Crippen LogP contribution < -0.4 is 4.74 Å². The largest absolute Gasteiger partial charge is 0.497 e. The Kier molecular flexibility index (Phi) is 5.18. The number of hydrogen-bond acceptors (Lipinski definition) is 4. The van der Waals surface area contributed by atoms with E-state index in [0.29, 0.717) is 25.3 Å². The van der Waals surface area contributed by atoms with E-state index in [-0.39, 0.29) is 11.9 Å². The predicted octanol–water partition coefficient (Wildman–Crippen LogP) is 3.80. The number of imidazole rings is 1. The summed E-state index contributed by atoms with van der Waals surface area (Å²) < 4.78 is 24.9. The topological polar surface area (TPSA) is 50.4 Å². The van der Waals surface area contributed by atoms with Crippen LogP contribution in [0.2, 0.25) is 0 Å². The van der Waals surface area contributed by atoms with Crippen molar-refractivity contribution >= 4 is 0 Å². The summed E-state index contributed by atoms with van der Waals surface area (Å²) in [6.07, 6.45) is 1.83. The van der Waals surface area contributed by atoms with Gasteiger partial charge in [0.15, 0.2) is 0 Å². The van der Waals surface area contributed by atoms with Crippen molar-refractivity contribution in [1.29, 1.82) is 0 Å². The standard InChI is InChI=1S/C21H22FN3O2/c1-26-17-8-6-15(7-9-17)19-12-23-21(24-19)20-14-27-11-10-25(20)13-16-4-2-3-5-18(16)22/h2-9,12,20H,10-11,13-14H2,1H3,(H,23,24). The average molecular weight is 367 g/mol. The fourth-order valence-corrected chi connectivity index (χ4v) is 3.35. The minimum absolute atomic E-state index is 0.0367. The van der Waals surface area contributed by atoms with Crippen molar-refractivity contribution in [2.24, 2.45) is 0 Å². The minimum atomic E-state index is -0.180. The molecule has 0 amide bonds. The lowest BCUT2D eigenvalue weighted by Crippen LogP contribution is -2.39. The van der Waals surface area contributed by atoms with Crippen molar-refractivity contribution in [2.75, 3.05) is 26.9 Å². The van der Waals surface area contributed by atoms with Crippen LogP contribution in [0.4, 0.5) is 4.39 Å². The maximum absolute atomic E-state index is 14.1. The number of halogens is 1. The summed E-state index contributed by atoms with van der Waals surface area (Å²) in [5.74, 6) is 1.47. The molecule has 27 heavy (non-hydrogen) atoms. The molecule has 2 heterocycles. The maximum atomic E-state index is 14.1. The van der Waals surface area contributed by atoms with Gasteiger partial charge in [-0.1, -0.05) is 18.2 Å². The zero-order valence-electron chi connectivity index (χ0n) is 15.2. The summed E-state index contributed by atoms with van der Waals surface area (Å²) in [7, 11) is 1.65. The molecular weight excluding hydrogens is 345 g/mol. The molecule has 6 heteroatoms. The molecule has 0 spiro atoms. The van der Waals surface area contributed by atoms with Crippen LogP contribution in [0.3, 0.4) is 0 Å². The fourth-order valence-electron chi connectivity index (χ4n) is 3.35. The van der Waals surface area contributed by atoms with Gasteiger partial charge >= 0.3 is 0 Å². The molecule has 0 radical (unpaired) electrons. The summed E-state index contributed by atoms with van der Waals surface area (Å²) in [4.78, 5) is 10.2. The summed E-state index contributed by atoms with van der Waals surface area (Å²) in [6, 6.07) is 14.7. The zero-order valence-corrected chi connectivity index (χ0v) is 15.2. The van der Waals surface area contributed by atoms with Gasteiger partial charge < -0.3 is 14.5 Å². The minimum Gasteiger partial charge on any atom is -0.497 e. The number of H-pyrrole nitrogens is 1. The Labute approximate surface area is 157 Å². The number of morpholine rings is 1. The number of nitrogens with one attached hydrogen (secondary N) is 1. The Morgan fingerprint density at radius 2 is 2.04 bits per heavy atom. The van der Waals surface area contributed by atoms with Crippen LogP contribution in [-0.4, -0.2) is 41.7 Å². The first-order valence-electron chi connectivity index (χ1n) is 8.99. The quantitative estimate of drug-likeness (QED) is 0.745. The second kappa shape index (κ2) is 7.90. The van der Waals surface area contributed by atoms with Gasteiger partial charge in [0.25, 0.3) is 0 Å². The molecule has 0 bridgehead atoms. The van der Waals surface area contributed by atoms with Crippen LogP contribution in [0.25, 0.3) is 11.3 Å². The Morgan fingerprint density at radius 3 is 2.81 bits per heavy atom. The molecule has 4 rings (SSSR count). The van der Waals surface area contributed by atoms with Gasteiger partial charge in [0.05, 0.1) is 38.3 Å². The van der Waals surface area contributed by atoms with Crippen molar-refractivity contribution in [3.8, 4) is 17.0 Å². The van der Waals surface area contributed by atoms with Crippen molar-refractivity contribution in [3.05, 3.63) is 71.9 Å². The van der Waals surface area contributed by atoms with Gasteiger partial charge in [0.2, 0.25) is 0 Å². The molecule has 2 aromatic carbocycles. The molecule has 140 valence electrons. The first kappa shape index (κ1) is 17.7. The van der Waals surface area contributed by atoms with Crippen molar-refractivity contribution in [1.82, 2.24) is 14.9 Å². The van der Waals surface area contributed by atoms with E-state index in [0.717, 1.165) is 29.4 Å². The van der Waals surface area contributed by atoms with Gasteiger partial charge in [-0.2, -0.15) is 0 Å². The summed E-state index contributed by atoms with van der Waals surface area (Å²) in [6.45, 7) is 2.43. The summed E-state index contributed by atoms with van der Waals surface area (Å²) >= 11 is 0. The Balaban J connectivity index is 1.55. The highest BCUT2D eigenvalue weighted by Crippen LogP contribution is 2.27. The highest BCUT2D eigenvalue weighted by molar-refractivity contribution is 5.59. The summed E-state index contributed by atoms with van der Waals surface area (Å²) in [5.41, 5.74) is 2.65. The van der Waals surface area contributed by atoms with Crippen LogP contribution in [-0.2, 0) is 11.3 Å². The third-order valence-corrected chi connectivity index (χ3v) is 4.88. The molecule has 1 aromatic heterocycles. The van der Waals surface area contributed by atoms with E-state index in [1.165, 1.54) is 6.07 Å². The third kappa shape index (κ3) is 3.86. The molecule has 1 atom stereocenters. The normalized spacial score (nSPS) is 17.8.